The van der Waals surface area contributed by atoms with Crippen molar-refractivity contribution in [3.05, 3.63) is 23.9 Å². The summed E-state index contributed by atoms with van der Waals surface area (Å²) in [7, 11) is 0. The Hall–Kier alpha value is -1.95. The highest BCUT2D eigenvalue weighted by molar-refractivity contribution is 6.09. The van der Waals surface area contributed by atoms with Gasteiger partial charge in [0.25, 0.3) is 5.91 Å². The van der Waals surface area contributed by atoms with E-state index in [0.717, 1.165) is 31.4 Å². The number of amidine groups is 1. The second-order valence-electron chi connectivity index (χ2n) is 7.27. The lowest BCUT2D eigenvalue weighted by atomic mass is 9.89. The van der Waals surface area contributed by atoms with Gasteiger partial charge >= 0.3 is 0 Å². The summed E-state index contributed by atoms with van der Waals surface area (Å²) >= 11 is 0. The molecule has 0 radical (unpaired) electrons. The smallest absolute Gasteiger partial charge is 0.250 e. The number of nitrogens with zero attached hydrogens (tertiary/aromatic N) is 3. The molecule has 0 N–H and O–H groups in total. The van der Waals surface area contributed by atoms with Gasteiger partial charge in [0.15, 0.2) is 0 Å². The Balaban J connectivity index is 1.86. The van der Waals surface area contributed by atoms with Crippen LogP contribution in [0.5, 0.6) is 0 Å². The van der Waals surface area contributed by atoms with Crippen LogP contribution in [0, 0.1) is 0 Å². The fourth-order valence-electron chi connectivity index (χ4n) is 3.74. The molecule has 3 rings (SSSR count). The molecular formula is C19H27N3O3. The lowest BCUT2D eigenvalue weighted by molar-refractivity contribution is -0.145. The zero-order chi connectivity index (χ0) is 18.0. The van der Waals surface area contributed by atoms with E-state index in [1.165, 1.54) is 0 Å². The van der Waals surface area contributed by atoms with Crippen molar-refractivity contribution < 1.29 is 14.3 Å². The average molecular weight is 345 g/mol. The first-order chi connectivity index (χ1) is 11.9. The van der Waals surface area contributed by atoms with Gasteiger partial charge in [0.05, 0.1) is 12.5 Å². The van der Waals surface area contributed by atoms with E-state index in [0.29, 0.717) is 18.9 Å². The molecule has 1 saturated heterocycles. The fraction of sp³-hybridized carbons (Fsp3) is 0.632. The normalized spacial score (nSPS) is 28.5. The molecule has 0 aliphatic carbocycles. The van der Waals surface area contributed by atoms with Gasteiger partial charge in [-0.25, -0.2) is 0 Å². The topological polar surface area (TPSA) is 62.2 Å². The molecule has 136 valence electrons. The van der Waals surface area contributed by atoms with E-state index in [2.05, 4.69) is 11.9 Å². The lowest BCUT2D eigenvalue weighted by Gasteiger charge is -2.44. The SMILES string of the molecule is CCCN(CC1CCCO1)C(=O)C1(C)CC(=O)N=C2C=C(C)C=CN21. The molecule has 0 spiro atoms. The lowest BCUT2D eigenvalue weighted by Crippen LogP contribution is -2.61. The van der Waals surface area contributed by atoms with Gasteiger partial charge in [0, 0.05) is 25.9 Å². The van der Waals surface area contributed by atoms with Crippen LogP contribution in [0.3, 0.4) is 0 Å². The summed E-state index contributed by atoms with van der Waals surface area (Å²) in [6.45, 7) is 7.89. The van der Waals surface area contributed by atoms with Gasteiger partial charge in [-0.2, -0.15) is 4.99 Å². The quantitative estimate of drug-likeness (QED) is 0.767. The highest BCUT2D eigenvalue weighted by Gasteiger charge is 2.47. The number of carbonyl (C=O) groups excluding carboxylic acids is 2. The third-order valence-corrected chi connectivity index (χ3v) is 5.05. The van der Waals surface area contributed by atoms with Crippen LogP contribution in [-0.2, 0) is 14.3 Å². The molecule has 2 amide bonds. The van der Waals surface area contributed by atoms with Crippen LogP contribution in [0.4, 0.5) is 0 Å². The Morgan fingerprint density at radius 3 is 3.00 bits per heavy atom. The molecule has 3 aliphatic rings. The zero-order valence-corrected chi connectivity index (χ0v) is 15.3. The second-order valence-corrected chi connectivity index (χ2v) is 7.27. The summed E-state index contributed by atoms with van der Waals surface area (Å²) in [6, 6.07) is 0. The van der Waals surface area contributed by atoms with E-state index < -0.39 is 5.54 Å². The predicted molar refractivity (Wildman–Crippen MR) is 96.0 cm³/mol. The molecular weight excluding hydrogens is 318 g/mol. The van der Waals surface area contributed by atoms with Crippen LogP contribution in [-0.4, -0.2) is 58.8 Å². The van der Waals surface area contributed by atoms with Crippen LogP contribution < -0.4 is 0 Å². The summed E-state index contributed by atoms with van der Waals surface area (Å²) in [4.78, 5) is 33.5. The molecule has 0 bridgehead atoms. The van der Waals surface area contributed by atoms with Crippen LogP contribution in [0.1, 0.15) is 46.5 Å². The Morgan fingerprint density at radius 1 is 1.52 bits per heavy atom. The Morgan fingerprint density at radius 2 is 2.32 bits per heavy atom. The minimum absolute atomic E-state index is 0.0248. The van der Waals surface area contributed by atoms with Gasteiger partial charge in [-0.05, 0) is 50.8 Å². The van der Waals surface area contributed by atoms with Gasteiger partial charge in [0.2, 0.25) is 5.91 Å². The molecule has 6 heteroatoms. The Labute approximate surface area is 149 Å². The highest BCUT2D eigenvalue weighted by Crippen LogP contribution is 2.31. The van der Waals surface area contributed by atoms with Crippen molar-refractivity contribution in [2.75, 3.05) is 19.7 Å². The summed E-state index contributed by atoms with van der Waals surface area (Å²) in [5.74, 6) is 0.291. The van der Waals surface area contributed by atoms with E-state index >= 15 is 0 Å². The molecule has 3 aliphatic heterocycles. The Bertz CT molecular complexity index is 646. The number of allylic oxidation sites excluding steroid dienone is 2. The van der Waals surface area contributed by atoms with Crippen LogP contribution >= 0.6 is 0 Å². The second kappa shape index (κ2) is 7.12. The van der Waals surface area contributed by atoms with Crippen molar-refractivity contribution in [3.63, 3.8) is 0 Å². The molecule has 0 aromatic rings. The first-order valence-electron chi connectivity index (χ1n) is 9.12. The summed E-state index contributed by atoms with van der Waals surface area (Å²) in [5.41, 5.74) is 0.0830. The summed E-state index contributed by atoms with van der Waals surface area (Å²) in [5, 5.41) is 0. The van der Waals surface area contributed by atoms with Crippen molar-refractivity contribution in [3.8, 4) is 0 Å². The van der Waals surface area contributed by atoms with Crippen LogP contribution in [0.2, 0.25) is 0 Å². The van der Waals surface area contributed by atoms with E-state index in [4.69, 9.17) is 4.74 Å². The third kappa shape index (κ3) is 3.54. The first-order valence-corrected chi connectivity index (χ1v) is 9.12. The average Bonchev–Trinajstić information content (AvgIpc) is 3.06. The predicted octanol–water partition coefficient (Wildman–Crippen LogP) is 2.27. The number of carbonyl (C=O) groups is 2. The van der Waals surface area contributed by atoms with Gasteiger partial charge in [-0.3, -0.25) is 9.59 Å². The maximum absolute atomic E-state index is 13.4. The maximum Gasteiger partial charge on any atom is 0.250 e. The minimum Gasteiger partial charge on any atom is -0.376 e. The van der Waals surface area contributed by atoms with Gasteiger partial charge in [0.1, 0.15) is 11.4 Å². The van der Waals surface area contributed by atoms with Crippen LogP contribution in [0.25, 0.3) is 0 Å². The molecule has 2 unspecified atom stereocenters. The zero-order valence-electron chi connectivity index (χ0n) is 15.3. The molecule has 3 heterocycles. The van der Waals surface area contributed by atoms with Crippen molar-refractivity contribution in [1.29, 1.82) is 0 Å². The Kier molecular flexibility index (Phi) is 5.08. The third-order valence-electron chi connectivity index (χ3n) is 5.05. The van der Waals surface area contributed by atoms with Gasteiger partial charge in [-0.15, -0.1) is 0 Å². The maximum atomic E-state index is 13.4. The van der Waals surface area contributed by atoms with Gasteiger partial charge < -0.3 is 14.5 Å². The number of ether oxygens (including phenoxy) is 1. The number of hydrogen-bond donors (Lipinski definition) is 0. The molecule has 0 aromatic heterocycles. The highest BCUT2D eigenvalue weighted by atomic mass is 16.5. The molecule has 1 fully saturated rings. The van der Waals surface area contributed by atoms with Crippen molar-refractivity contribution >= 4 is 17.6 Å². The fourth-order valence-corrected chi connectivity index (χ4v) is 3.74. The van der Waals surface area contributed by atoms with E-state index in [9.17, 15) is 9.59 Å². The number of aliphatic imine (C=N–C) groups is 1. The van der Waals surface area contributed by atoms with Crippen molar-refractivity contribution in [2.45, 2.75) is 58.1 Å². The van der Waals surface area contributed by atoms with Crippen molar-refractivity contribution in [1.82, 2.24) is 9.80 Å². The van der Waals surface area contributed by atoms with E-state index in [-0.39, 0.29) is 24.3 Å². The number of amides is 2. The standard InChI is InChI=1S/C19H27N3O3/c1-4-8-21(13-15-6-5-10-25-15)18(24)19(3)12-17(23)20-16-11-14(2)7-9-22(16)19/h7,9,11,15H,4-6,8,10,12-13H2,1-3H3. The number of rotatable bonds is 5. The molecule has 25 heavy (non-hydrogen) atoms. The molecule has 2 atom stereocenters. The minimum atomic E-state index is -0.935. The van der Waals surface area contributed by atoms with E-state index in [1.807, 2.05) is 42.0 Å². The van der Waals surface area contributed by atoms with E-state index in [1.54, 1.807) is 0 Å². The summed E-state index contributed by atoms with van der Waals surface area (Å²) in [6.07, 6.45) is 8.78. The largest absolute Gasteiger partial charge is 0.376 e. The number of hydrogen-bond acceptors (Lipinski definition) is 4. The van der Waals surface area contributed by atoms with Crippen LogP contribution in [0.15, 0.2) is 28.9 Å². The number of fused-ring (bicyclic) bond motifs is 1. The van der Waals surface area contributed by atoms with Crippen molar-refractivity contribution in [2.24, 2.45) is 4.99 Å². The van der Waals surface area contributed by atoms with Gasteiger partial charge in [-0.1, -0.05) is 6.92 Å². The monoisotopic (exact) mass is 345 g/mol. The molecule has 6 nitrogen and oxygen atoms in total. The molecule has 0 aromatic carbocycles. The molecule has 0 saturated carbocycles. The first kappa shape index (κ1) is 17.9. The summed E-state index contributed by atoms with van der Waals surface area (Å²) < 4.78 is 5.72.